The number of rotatable bonds is 4. The summed E-state index contributed by atoms with van der Waals surface area (Å²) in [6.45, 7) is 3.29. The molecule has 0 spiro atoms. The van der Waals surface area contributed by atoms with Gasteiger partial charge in [-0.3, -0.25) is 4.98 Å². The summed E-state index contributed by atoms with van der Waals surface area (Å²) >= 11 is 0. The van der Waals surface area contributed by atoms with Crippen molar-refractivity contribution in [1.29, 1.82) is 0 Å². The number of urea groups is 1. The molecule has 6 rings (SSSR count). The lowest BCUT2D eigenvalue weighted by Crippen LogP contribution is -2.47. The molecule has 2 aliphatic heterocycles. The molecule has 0 unspecified atom stereocenters. The number of pyridine rings is 2. The minimum Gasteiger partial charge on any atom is -0.372 e. The van der Waals surface area contributed by atoms with Crippen LogP contribution in [0.4, 0.5) is 16.6 Å². The number of likely N-dealkylation sites (tertiary alicyclic amines) is 2. The second kappa shape index (κ2) is 9.01. The van der Waals surface area contributed by atoms with Crippen LogP contribution in [-0.2, 0) is 0 Å². The third-order valence-electron chi connectivity index (χ3n) is 6.98. The van der Waals surface area contributed by atoms with Gasteiger partial charge in [-0.05, 0) is 49.9 Å². The van der Waals surface area contributed by atoms with Crippen molar-refractivity contribution in [3.63, 3.8) is 0 Å². The third-order valence-corrected chi connectivity index (χ3v) is 6.98. The van der Waals surface area contributed by atoms with Gasteiger partial charge in [0, 0.05) is 57.2 Å². The third kappa shape index (κ3) is 4.09. The van der Waals surface area contributed by atoms with Crippen LogP contribution in [0.3, 0.4) is 0 Å². The van der Waals surface area contributed by atoms with Crippen LogP contribution in [0.1, 0.15) is 25.7 Å². The van der Waals surface area contributed by atoms with Crippen molar-refractivity contribution >= 4 is 39.9 Å². The van der Waals surface area contributed by atoms with E-state index in [4.69, 9.17) is 15.0 Å². The summed E-state index contributed by atoms with van der Waals surface area (Å²) in [6, 6.07) is 8.22. The van der Waals surface area contributed by atoms with Gasteiger partial charge in [0.15, 0.2) is 0 Å². The lowest BCUT2D eigenvalue weighted by atomic mass is 10.1. The van der Waals surface area contributed by atoms with Crippen molar-refractivity contribution in [2.75, 3.05) is 43.9 Å². The van der Waals surface area contributed by atoms with E-state index in [9.17, 15) is 4.79 Å². The van der Waals surface area contributed by atoms with Gasteiger partial charge < -0.3 is 25.4 Å². The topological polar surface area (TPSA) is 115 Å². The van der Waals surface area contributed by atoms with Crippen molar-refractivity contribution in [2.24, 2.45) is 0 Å². The molecule has 2 saturated heterocycles. The normalized spacial score (nSPS) is 16.8. The Balaban J connectivity index is 1.20. The minimum atomic E-state index is 0.188. The first kappa shape index (κ1) is 21.6. The Bertz CT molecular complexity index is 1370. The highest BCUT2D eigenvalue weighted by atomic mass is 16.2. The van der Waals surface area contributed by atoms with Gasteiger partial charge in [0.2, 0.25) is 5.95 Å². The van der Waals surface area contributed by atoms with Crippen molar-refractivity contribution < 1.29 is 4.79 Å². The van der Waals surface area contributed by atoms with Crippen molar-refractivity contribution in [3.8, 4) is 11.3 Å². The number of fused-ring (bicyclic) bond motifs is 2. The van der Waals surface area contributed by atoms with Gasteiger partial charge in [-0.1, -0.05) is 0 Å². The van der Waals surface area contributed by atoms with E-state index >= 15 is 0 Å². The number of amides is 2. The van der Waals surface area contributed by atoms with E-state index in [2.05, 4.69) is 20.6 Å². The molecular formula is C25H29N9O. The monoisotopic (exact) mass is 471 g/mol. The number of anilines is 2. The van der Waals surface area contributed by atoms with E-state index in [1.807, 2.05) is 47.3 Å². The number of piperidine rings is 1. The minimum absolute atomic E-state index is 0.188. The Hall–Kier alpha value is -3.95. The molecule has 2 aliphatic rings. The van der Waals surface area contributed by atoms with Crippen LogP contribution in [-0.4, -0.2) is 80.0 Å². The fraction of sp³-hybridized carbons (Fsp3) is 0.400. The number of carbonyl (C=O) groups is 1. The number of carbonyl (C=O) groups excluding carboxylic acids is 1. The largest absolute Gasteiger partial charge is 0.372 e. The van der Waals surface area contributed by atoms with E-state index in [0.29, 0.717) is 5.95 Å². The maximum atomic E-state index is 12.7. The van der Waals surface area contributed by atoms with Crippen LogP contribution < -0.4 is 10.6 Å². The molecule has 35 heavy (non-hydrogen) atoms. The van der Waals surface area contributed by atoms with Crippen LogP contribution in [0.15, 0.2) is 36.7 Å². The van der Waals surface area contributed by atoms with Crippen LogP contribution in [0.2, 0.25) is 0 Å². The maximum Gasteiger partial charge on any atom is 0.319 e. The number of aromatic amines is 1. The molecular weight excluding hydrogens is 442 g/mol. The van der Waals surface area contributed by atoms with Gasteiger partial charge in [0.05, 0.1) is 22.1 Å². The number of nitrogens with one attached hydrogen (secondary N) is 3. The molecule has 2 amide bonds. The Morgan fingerprint density at radius 2 is 1.80 bits per heavy atom. The molecule has 0 aromatic carbocycles. The SMILES string of the molecule is CNc1nc(NC2CCN(C(=O)N3CCCC3)CC2)nc2[nH]cc(-c3ccc4ncccc4n3)c12. The highest BCUT2D eigenvalue weighted by Crippen LogP contribution is 2.33. The predicted molar refractivity (Wildman–Crippen MR) is 136 cm³/mol. The van der Waals surface area contributed by atoms with Crippen LogP contribution in [0.25, 0.3) is 33.3 Å². The zero-order valence-electron chi connectivity index (χ0n) is 19.8. The zero-order chi connectivity index (χ0) is 23.8. The molecule has 3 N–H and O–H groups in total. The molecule has 4 aromatic heterocycles. The number of hydrogen-bond acceptors (Lipinski definition) is 7. The van der Waals surface area contributed by atoms with Gasteiger partial charge in [0.25, 0.3) is 0 Å². The maximum absolute atomic E-state index is 12.7. The number of H-pyrrole nitrogens is 1. The molecule has 4 aromatic rings. The van der Waals surface area contributed by atoms with E-state index in [0.717, 1.165) is 91.0 Å². The lowest BCUT2D eigenvalue weighted by molar-refractivity contribution is 0.150. The standard InChI is InChI=1S/C25H29N9O/c1-26-22-21-17(18-6-7-19-20(30-18)5-4-10-27-19)15-28-23(21)32-24(31-22)29-16-8-13-34(14-9-16)25(35)33-11-2-3-12-33/h4-7,10,15-16H,2-3,8-9,11-14H2,1H3,(H3,26,28,29,31,32). The first-order chi connectivity index (χ1) is 17.2. The van der Waals surface area contributed by atoms with Gasteiger partial charge in [-0.15, -0.1) is 0 Å². The predicted octanol–water partition coefficient (Wildman–Crippen LogP) is 3.70. The van der Waals surface area contributed by atoms with Crippen molar-refractivity contribution in [3.05, 3.63) is 36.7 Å². The average molecular weight is 472 g/mol. The Morgan fingerprint density at radius 3 is 2.60 bits per heavy atom. The molecule has 2 fully saturated rings. The quantitative estimate of drug-likeness (QED) is 0.416. The molecule has 0 bridgehead atoms. The second-order valence-corrected chi connectivity index (χ2v) is 9.19. The van der Waals surface area contributed by atoms with Crippen LogP contribution in [0, 0.1) is 0 Å². The summed E-state index contributed by atoms with van der Waals surface area (Å²) in [5, 5.41) is 7.62. The zero-order valence-corrected chi connectivity index (χ0v) is 19.8. The summed E-state index contributed by atoms with van der Waals surface area (Å²) in [5.41, 5.74) is 4.24. The summed E-state index contributed by atoms with van der Waals surface area (Å²) in [4.78, 5) is 38.6. The molecule has 10 nitrogen and oxygen atoms in total. The number of aromatic nitrogens is 5. The van der Waals surface area contributed by atoms with Gasteiger partial charge >= 0.3 is 6.03 Å². The average Bonchev–Trinajstić information content (AvgIpc) is 3.59. The van der Waals surface area contributed by atoms with E-state index < -0.39 is 0 Å². The van der Waals surface area contributed by atoms with Gasteiger partial charge in [-0.2, -0.15) is 9.97 Å². The summed E-state index contributed by atoms with van der Waals surface area (Å²) in [7, 11) is 1.86. The lowest BCUT2D eigenvalue weighted by Gasteiger charge is -2.34. The summed E-state index contributed by atoms with van der Waals surface area (Å²) < 4.78 is 0. The summed E-state index contributed by atoms with van der Waals surface area (Å²) in [5.74, 6) is 1.32. The Kier molecular flexibility index (Phi) is 5.55. The van der Waals surface area contributed by atoms with Crippen LogP contribution in [0.5, 0.6) is 0 Å². The second-order valence-electron chi connectivity index (χ2n) is 9.19. The highest BCUT2D eigenvalue weighted by Gasteiger charge is 2.28. The van der Waals surface area contributed by atoms with Crippen LogP contribution >= 0.6 is 0 Å². The molecule has 0 saturated carbocycles. The Labute approximate surface area is 203 Å². The van der Waals surface area contributed by atoms with Crippen molar-refractivity contribution in [1.82, 2.24) is 34.7 Å². The Morgan fingerprint density at radius 1 is 1.00 bits per heavy atom. The smallest absolute Gasteiger partial charge is 0.319 e. The van der Waals surface area contributed by atoms with E-state index in [1.54, 1.807) is 6.20 Å². The molecule has 10 heteroatoms. The highest BCUT2D eigenvalue weighted by molar-refractivity contribution is 6.01. The van der Waals surface area contributed by atoms with Gasteiger partial charge in [-0.25, -0.2) is 9.78 Å². The molecule has 0 atom stereocenters. The fourth-order valence-electron chi connectivity index (χ4n) is 5.09. The number of hydrogen-bond donors (Lipinski definition) is 3. The van der Waals surface area contributed by atoms with E-state index in [1.165, 1.54) is 0 Å². The van der Waals surface area contributed by atoms with E-state index in [-0.39, 0.29) is 12.1 Å². The first-order valence-corrected chi connectivity index (χ1v) is 12.3. The van der Waals surface area contributed by atoms with Gasteiger partial charge in [0.1, 0.15) is 11.5 Å². The molecule has 180 valence electrons. The first-order valence-electron chi connectivity index (χ1n) is 12.3. The number of nitrogens with zero attached hydrogens (tertiary/aromatic N) is 6. The molecule has 6 heterocycles. The summed E-state index contributed by atoms with van der Waals surface area (Å²) in [6.07, 6.45) is 7.68. The fourth-order valence-corrected chi connectivity index (χ4v) is 5.09. The molecule has 0 radical (unpaired) electrons. The van der Waals surface area contributed by atoms with Crippen molar-refractivity contribution in [2.45, 2.75) is 31.7 Å². The molecule has 0 aliphatic carbocycles.